The monoisotopic (exact) mass is 366 g/mol. The Balaban J connectivity index is 1.31. The molecule has 1 N–H and O–H groups in total. The number of hydrogen-bond acceptors (Lipinski definition) is 5. The molecule has 2 fully saturated rings. The number of amides is 1. The van der Waals surface area contributed by atoms with Crippen molar-refractivity contribution in [1.82, 2.24) is 30.4 Å². The second kappa shape index (κ2) is 6.88. The zero-order valence-corrected chi connectivity index (χ0v) is 15.9. The maximum Gasteiger partial charge on any atom is 0.251 e. The molecule has 1 spiro atoms. The largest absolute Gasteiger partial charge is 0.349 e. The fourth-order valence-corrected chi connectivity index (χ4v) is 4.23. The first-order valence-electron chi connectivity index (χ1n) is 9.52. The van der Waals surface area contributed by atoms with Gasteiger partial charge < -0.3 is 5.32 Å². The van der Waals surface area contributed by atoms with Gasteiger partial charge in [0.15, 0.2) is 5.82 Å². The predicted molar refractivity (Wildman–Crippen MR) is 103 cm³/mol. The number of tetrazole rings is 1. The molecule has 1 aromatic carbocycles. The molecule has 1 aliphatic carbocycles. The van der Waals surface area contributed by atoms with Gasteiger partial charge in [-0.1, -0.05) is 24.8 Å². The first-order chi connectivity index (χ1) is 13.0. The molecule has 7 nitrogen and oxygen atoms in total. The summed E-state index contributed by atoms with van der Waals surface area (Å²) >= 11 is 0. The van der Waals surface area contributed by atoms with E-state index in [2.05, 4.69) is 39.2 Å². The molecule has 2 atom stereocenters. The van der Waals surface area contributed by atoms with Gasteiger partial charge in [0.05, 0.1) is 6.04 Å². The minimum atomic E-state index is 0.0217. The van der Waals surface area contributed by atoms with Gasteiger partial charge in [-0.05, 0) is 72.8 Å². The number of aryl methyl sites for hydroxylation is 1. The summed E-state index contributed by atoms with van der Waals surface area (Å²) in [4.78, 5) is 14.9. The van der Waals surface area contributed by atoms with E-state index >= 15 is 0 Å². The van der Waals surface area contributed by atoms with Crippen LogP contribution in [-0.2, 0) is 7.05 Å². The summed E-state index contributed by atoms with van der Waals surface area (Å²) in [6.07, 6.45) is 5.06. The first kappa shape index (κ1) is 17.9. The summed E-state index contributed by atoms with van der Waals surface area (Å²) in [6, 6.07) is 8.06. The summed E-state index contributed by atoms with van der Waals surface area (Å²) < 4.78 is 1.74. The lowest BCUT2D eigenvalue weighted by Crippen LogP contribution is -2.40. The Morgan fingerprint density at radius 2 is 2.04 bits per heavy atom. The van der Waals surface area contributed by atoms with E-state index in [4.69, 9.17) is 0 Å². The van der Waals surface area contributed by atoms with Gasteiger partial charge in [-0.3, -0.25) is 9.69 Å². The van der Waals surface area contributed by atoms with Gasteiger partial charge in [0.1, 0.15) is 0 Å². The fourth-order valence-electron chi connectivity index (χ4n) is 4.23. The lowest BCUT2D eigenvalue weighted by molar-refractivity contribution is 0.0921. The van der Waals surface area contributed by atoms with Gasteiger partial charge >= 0.3 is 0 Å². The molecule has 1 saturated heterocycles. The van der Waals surface area contributed by atoms with E-state index in [1.54, 1.807) is 10.8 Å². The van der Waals surface area contributed by atoms with Crippen LogP contribution >= 0.6 is 0 Å². The Morgan fingerprint density at radius 3 is 2.63 bits per heavy atom. The smallest absolute Gasteiger partial charge is 0.251 e. The minimum absolute atomic E-state index is 0.0217. The lowest BCUT2D eigenvalue weighted by Gasteiger charge is -2.36. The SMILES string of the molecule is C=Cc1ccc(C(=O)NC2CC23CCN(C(C)c2nnnn2C)CC3)cc1. The molecule has 1 amide bonds. The standard InChI is InChI=1S/C20H26N6O/c1-4-15-5-7-16(8-6-15)19(27)21-17-13-20(17)9-11-26(12-10-20)14(2)18-22-23-24-25(18)3/h4-8,14,17H,1,9-13H2,2-3H3,(H,21,27). The summed E-state index contributed by atoms with van der Waals surface area (Å²) in [6.45, 7) is 7.92. The Kier molecular flexibility index (Phi) is 4.55. The zero-order chi connectivity index (χ0) is 19.0. The van der Waals surface area contributed by atoms with Crippen LogP contribution in [0.15, 0.2) is 30.8 Å². The number of nitrogens with zero attached hydrogens (tertiary/aromatic N) is 5. The lowest BCUT2D eigenvalue weighted by atomic mass is 9.91. The molecule has 1 aromatic heterocycles. The van der Waals surface area contributed by atoms with Crippen LogP contribution in [0.2, 0.25) is 0 Å². The van der Waals surface area contributed by atoms with E-state index in [0.29, 0.717) is 5.56 Å². The number of nitrogens with one attached hydrogen (secondary N) is 1. The van der Waals surface area contributed by atoms with E-state index in [1.165, 1.54) is 0 Å². The third-order valence-corrected chi connectivity index (χ3v) is 6.27. The number of piperidine rings is 1. The van der Waals surface area contributed by atoms with Gasteiger partial charge in [0, 0.05) is 18.7 Å². The van der Waals surface area contributed by atoms with Crippen molar-refractivity contribution < 1.29 is 4.79 Å². The van der Waals surface area contributed by atoms with Crippen molar-refractivity contribution in [1.29, 1.82) is 0 Å². The third kappa shape index (κ3) is 3.39. The fraction of sp³-hybridized carbons (Fsp3) is 0.500. The number of likely N-dealkylation sites (tertiary alicyclic amines) is 1. The van der Waals surface area contributed by atoms with Crippen molar-refractivity contribution in [3.05, 3.63) is 47.8 Å². The molecular weight excluding hydrogens is 340 g/mol. The van der Waals surface area contributed by atoms with Gasteiger partial charge in [0.25, 0.3) is 5.91 Å². The molecule has 2 unspecified atom stereocenters. The quantitative estimate of drug-likeness (QED) is 0.878. The number of rotatable bonds is 5. The highest BCUT2D eigenvalue weighted by Gasteiger charge is 2.55. The third-order valence-electron chi connectivity index (χ3n) is 6.27. The second-order valence-electron chi connectivity index (χ2n) is 7.79. The maximum atomic E-state index is 12.5. The first-order valence-corrected chi connectivity index (χ1v) is 9.52. The van der Waals surface area contributed by atoms with Crippen LogP contribution in [0.1, 0.15) is 54.0 Å². The highest BCUT2D eigenvalue weighted by Crippen LogP contribution is 2.54. The number of aromatic nitrogens is 4. The van der Waals surface area contributed by atoms with E-state index < -0.39 is 0 Å². The molecule has 0 bridgehead atoms. The average molecular weight is 366 g/mol. The van der Waals surface area contributed by atoms with E-state index in [9.17, 15) is 4.79 Å². The van der Waals surface area contributed by atoms with Crippen molar-refractivity contribution >= 4 is 12.0 Å². The Hall–Kier alpha value is -2.54. The van der Waals surface area contributed by atoms with Gasteiger partial charge in [0.2, 0.25) is 0 Å². The number of hydrogen-bond donors (Lipinski definition) is 1. The van der Waals surface area contributed by atoms with Crippen molar-refractivity contribution in [3.63, 3.8) is 0 Å². The molecule has 142 valence electrons. The molecule has 2 aliphatic rings. The second-order valence-corrected chi connectivity index (χ2v) is 7.79. The van der Waals surface area contributed by atoms with E-state index in [-0.39, 0.29) is 23.4 Å². The highest BCUT2D eigenvalue weighted by molar-refractivity contribution is 5.94. The summed E-state index contributed by atoms with van der Waals surface area (Å²) in [7, 11) is 1.88. The molecule has 1 saturated carbocycles. The Bertz CT molecular complexity index is 834. The summed E-state index contributed by atoms with van der Waals surface area (Å²) in [5, 5.41) is 15.0. The normalized spacial score (nSPS) is 22.4. The van der Waals surface area contributed by atoms with Crippen LogP contribution in [0, 0.1) is 5.41 Å². The van der Waals surface area contributed by atoms with Crippen molar-refractivity contribution in [2.45, 2.75) is 38.3 Å². The van der Waals surface area contributed by atoms with Crippen LogP contribution in [-0.4, -0.2) is 50.1 Å². The van der Waals surface area contributed by atoms with Crippen LogP contribution in [0.3, 0.4) is 0 Å². The van der Waals surface area contributed by atoms with E-state index in [1.807, 2.05) is 31.3 Å². The molecule has 2 aromatic rings. The maximum absolute atomic E-state index is 12.5. The highest BCUT2D eigenvalue weighted by atomic mass is 16.1. The van der Waals surface area contributed by atoms with Crippen molar-refractivity contribution in [2.24, 2.45) is 12.5 Å². The van der Waals surface area contributed by atoms with Crippen LogP contribution in [0.25, 0.3) is 6.08 Å². The molecule has 0 radical (unpaired) electrons. The van der Waals surface area contributed by atoms with Crippen LogP contribution in [0.4, 0.5) is 0 Å². The molecule has 1 aliphatic heterocycles. The Labute approximate surface area is 159 Å². The molecule has 2 heterocycles. The molecule has 27 heavy (non-hydrogen) atoms. The van der Waals surface area contributed by atoms with Gasteiger partial charge in [-0.2, -0.15) is 0 Å². The zero-order valence-electron chi connectivity index (χ0n) is 15.9. The average Bonchev–Trinajstić information content (AvgIpc) is 3.14. The van der Waals surface area contributed by atoms with Crippen LogP contribution < -0.4 is 5.32 Å². The molecule has 4 rings (SSSR count). The van der Waals surface area contributed by atoms with Crippen molar-refractivity contribution in [3.8, 4) is 0 Å². The van der Waals surface area contributed by atoms with Gasteiger partial charge in [-0.25, -0.2) is 4.68 Å². The Morgan fingerprint density at radius 1 is 1.33 bits per heavy atom. The summed E-state index contributed by atoms with van der Waals surface area (Å²) in [5.41, 5.74) is 2.00. The van der Waals surface area contributed by atoms with Gasteiger partial charge in [-0.15, -0.1) is 5.10 Å². The minimum Gasteiger partial charge on any atom is -0.349 e. The molecular formula is C20H26N6O. The number of carbonyl (C=O) groups excluding carboxylic acids is 1. The summed E-state index contributed by atoms with van der Waals surface area (Å²) in [5.74, 6) is 0.919. The number of carbonyl (C=O) groups is 1. The topological polar surface area (TPSA) is 75.9 Å². The predicted octanol–water partition coefficient (Wildman–Crippen LogP) is 2.20. The number of benzene rings is 1. The van der Waals surface area contributed by atoms with Crippen LogP contribution in [0.5, 0.6) is 0 Å². The van der Waals surface area contributed by atoms with Crippen molar-refractivity contribution in [2.75, 3.05) is 13.1 Å². The van der Waals surface area contributed by atoms with E-state index in [0.717, 1.165) is 43.7 Å². The molecule has 7 heteroatoms.